The summed E-state index contributed by atoms with van der Waals surface area (Å²) in [6.45, 7) is 2.57. The van der Waals surface area contributed by atoms with Crippen molar-refractivity contribution in [1.82, 2.24) is 9.97 Å². The molecule has 0 saturated carbocycles. The molecule has 0 spiro atoms. The van der Waals surface area contributed by atoms with Gasteiger partial charge < -0.3 is 10.1 Å². The quantitative estimate of drug-likeness (QED) is 0.442. The molecule has 2 aromatic heterocycles. The van der Waals surface area contributed by atoms with Crippen LogP contribution in [0.25, 0.3) is 10.9 Å². The summed E-state index contributed by atoms with van der Waals surface area (Å²) in [5.41, 5.74) is 3.81. The number of sulfone groups is 1. The molecule has 0 atom stereocenters. The summed E-state index contributed by atoms with van der Waals surface area (Å²) in [6.07, 6.45) is 3.67. The molecule has 7 heteroatoms. The van der Waals surface area contributed by atoms with E-state index in [2.05, 4.69) is 28.3 Å². The van der Waals surface area contributed by atoms with E-state index in [0.29, 0.717) is 18.2 Å². The smallest absolute Gasteiger partial charge is 0.224 e. The van der Waals surface area contributed by atoms with E-state index in [4.69, 9.17) is 4.74 Å². The van der Waals surface area contributed by atoms with E-state index in [9.17, 15) is 8.42 Å². The maximum atomic E-state index is 11.8. The molecule has 31 heavy (non-hydrogen) atoms. The molecule has 0 aliphatic carbocycles. The van der Waals surface area contributed by atoms with Crippen molar-refractivity contribution in [3.8, 4) is 11.6 Å². The Balaban J connectivity index is 1.60. The van der Waals surface area contributed by atoms with Gasteiger partial charge in [-0.3, -0.25) is 4.98 Å². The van der Waals surface area contributed by atoms with Crippen molar-refractivity contribution in [3.63, 3.8) is 0 Å². The van der Waals surface area contributed by atoms with Crippen molar-refractivity contribution in [2.75, 3.05) is 11.6 Å². The van der Waals surface area contributed by atoms with Crippen LogP contribution in [-0.2, 0) is 22.8 Å². The van der Waals surface area contributed by atoms with Gasteiger partial charge in [0.15, 0.2) is 9.84 Å². The fourth-order valence-electron chi connectivity index (χ4n) is 3.28. The van der Waals surface area contributed by atoms with Gasteiger partial charge in [-0.2, -0.15) is 0 Å². The third-order valence-corrected chi connectivity index (χ3v) is 6.01. The predicted octanol–water partition coefficient (Wildman–Crippen LogP) is 5.00. The third kappa shape index (κ3) is 4.83. The zero-order valence-corrected chi connectivity index (χ0v) is 18.2. The summed E-state index contributed by atoms with van der Waals surface area (Å²) in [5, 5.41) is 4.53. The molecule has 0 unspecified atom stereocenters. The lowest BCUT2D eigenvalue weighted by Crippen LogP contribution is -2.04. The minimum atomic E-state index is -3.32. The van der Waals surface area contributed by atoms with E-state index < -0.39 is 9.84 Å². The summed E-state index contributed by atoms with van der Waals surface area (Å²) in [7, 11) is -3.32. The van der Waals surface area contributed by atoms with Gasteiger partial charge >= 0.3 is 0 Å². The fraction of sp³-hybridized carbons (Fsp3) is 0.167. The molecule has 0 saturated heterocycles. The van der Waals surface area contributed by atoms with E-state index >= 15 is 0 Å². The number of nitrogens with one attached hydrogen (secondary N) is 1. The minimum absolute atomic E-state index is 0.205. The van der Waals surface area contributed by atoms with Gasteiger partial charge in [-0.15, -0.1) is 0 Å². The van der Waals surface area contributed by atoms with Gasteiger partial charge in [-0.25, -0.2) is 13.4 Å². The van der Waals surface area contributed by atoms with Crippen molar-refractivity contribution >= 4 is 26.4 Å². The number of aromatic nitrogens is 2. The van der Waals surface area contributed by atoms with Crippen molar-refractivity contribution < 1.29 is 13.2 Å². The Labute approximate surface area is 181 Å². The first kappa shape index (κ1) is 20.8. The normalized spacial score (nSPS) is 11.4. The number of pyridine rings is 2. The Hall–Kier alpha value is -3.45. The van der Waals surface area contributed by atoms with Crippen LogP contribution in [0.1, 0.15) is 18.2 Å². The Morgan fingerprint density at radius 3 is 2.65 bits per heavy atom. The van der Waals surface area contributed by atoms with Gasteiger partial charge in [0.25, 0.3) is 0 Å². The predicted molar refractivity (Wildman–Crippen MR) is 122 cm³/mol. The van der Waals surface area contributed by atoms with Crippen LogP contribution in [-0.4, -0.2) is 24.6 Å². The second-order valence-electron chi connectivity index (χ2n) is 7.20. The average molecular weight is 434 g/mol. The van der Waals surface area contributed by atoms with Crippen LogP contribution in [0.15, 0.2) is 77.8 Å². The molecule has 2 aromatic carbocycles. The summed E-state index contributed by atoms with van der Waals surface area (Å²) < 4.78 is 29.6. The highest BCUT2D eigenvalue weighted by Gasteiger charge is 2.12. The highest BCUT2D eigenvalue weighted by Crippen LogP contribution is 2.28. The fourth-order valence-corrected chi connectivity index (χ4v) is 3.93. The van der Waals surface area contributed by atoms with E-state index in [-0.39, 0.29) is 4.90 Å². The number of anilines is 1. The summed E-state index contributed by atoms with van der Waals surface area (Å²) >= 11 is 0. The number of hydrogen-bond donors (Lipinski definition) is 1. The van der Waals surface area contributed by atoms with Crippen LogP contribution < -0.4 is 10.1 Å². The van der Waals surface area contributed by atoms with Crippen LogP contribution in [0.5, 0.6) is 11.6 Å². The van der Waals surface area contributed by atoms with E-state index in [1.54, 1.807) is 24.4 Å². The van der Waals surface area contributed by atoms with Crippen LogP contribution in [0.3, 0.4) is 0 Å². The summed E-state index contributed by atoms with van der Waals surface area (Å²) in [5.74, 6) is 0.847. The number of fused-ring (bicyclic) bond motifs is 1. The maximum absolute atomic E-state index is 11.8. The first-order valence-electron chi connectivity index (χ1n) is 9.98. The molecule has 0 amide bonds. The van der Waals surface area contributed by atoms with Gasteiger partial charge in [-0.05, 0) is 42.8 Å². The Morgan fingerprint density at radius 1 is 1.00 bits per heavy atom. The van der Waals surface area contributed by atoms with E-state index in [1.165, 1.54) is 12.3 Å². The van der Waals surface area contributed by atoms with Gasteiger partial charge in [0.1, 0.15) is 5.75 Å². The zero-order valence-electron chi connectivity index (χ0n) is 17.4. The van der Waals surface area contributed by atoms with E-state index in [1.807, 2.05) is 36.4 Å². The lowest BCUT2D eigenvalue weighted by molar-refractivity contribution is 0.455. The number of rotatable bonds is 7. The zero-order chi connectivity index (χ0) is 21.8. The minimum Gasteiger partial charge on any atom is -0.439 e. The lowest BCUT2D eigenvalue weighted by Gasteiger charge is -2.14. The summed E-state index contributed by atoms with van der Waals surface area (Å²) in [4.78, 5) is 9.24. The summed E-state index contributed by atoms with van der Waals surface area (Å²) in [6, 6.07) is 20.3. The topological polar surface area (TPSA) is 81.2 Å². The van der Waals surface area contributed by atoms with Crippen molar-refractivity contribution in [2.45, 2.75) is 24.8 Å². The molecule has 6 nitrogen and oxygen atoms in total. The third-order valence-electron chi connectivity index (χ3n) is 4.90. The van der Waals surface area contributed by atoms with Crippen LogP contribution in [0.4, 0.5) is 5.69 Å². The Bertz CT molecular complexity index is 1340. The highest BCUT2D eigenvalue weighted by atomic mass is 32.2. The molecule has 4 rings (SSSR count). The Morgan fingerprint density at radius 2 is 1.84 bits per heavy atom. The number of aryl methyl sites for hydroxylation is 1. The molecule has 4 aromatic rings. The van der Waals surface area contributed by atoms with Gasteiger partial charge in [0, 0.05) is 41.3 Å². The monoisotopic (exact) mass is 433 g/mol. The molecular formula is C24H23N3O3S. The average Bonchev–Trinajstić information content (AvgIpc) is 2.77. The Kier molecular flexibility index (Phi) is 5.86. The van der Waals surface area contributed by atoms with Gasteiger partial charge in [0.2, 0.25) is 5.88 Å². The first-order valence-corrected chi connectivity index (χ1v) is 11.9. The molecule has 1 N–H and O–H groups in total. The van der Waals surface area contributed by atoms with Crippen LogP contribution in [0, 0.1) is 0 Å². The maximum Gasteiger partial charge on any atom is 0.224 e. The second-order valence-corrected chi connectivity index (χ2v) is 9.22. The molecular weight excluding hydrogens is 410 g/mol. The molecule has 0 bridgehead atoms. The van der Waals surface area contributed by atoms with Crippen LogP contribution >= 0.6 is 0 Å². The number of ether oxygens (including phenoxy) is 1. The number of nitrogens with zero attached hydrogens (tertiary/aromatic N) is 2. The van der Waals surface area contributed by atoms with E-state index in [0.717, 1.165) is 34.3 Å². The van der Waals surface area contributed by atoms with Crippen molar-refractivity contribution in [2.24, 2.45) is 0 Å². The lowest BCUT2D eigenvalue weighted by atomic mass is 10.1. The molecule has 0 fully saturated rings. The number of benzene rings is 2. The van der Waals surface area contributed by atoms with Crippen molar-refractivity contribution in [3.05, 3.63) is 84.2 Å². The van der Waals surface area contributed by atoms with Crippen molar-refractivity contribution in [1.29, 1.82) is 0 Å². The standard InChI is InChI=1S/C24H23N3O3S/c1-3-18-14-23(21-11-4-5-12-22(21)27-18)26-16-17-8-7-13-25-24(17)30-19-9-6-10-20(15-19)31(2,28)29/h4-15H,3,16H2,1-2H3,(H,26,27). The van der Waals surface area contributed by atoms with Gasteiger partial charge in [-0.1, -0.05) is 37.3 Å². The number of hydrogen-bond acceptors (Lipinski definition) is 6. The number of para-hydroxylation sites is 1. The molecule has 2 heterocycles. The molecule has 158 valence electrons. The molecule has 0 aliphatic heterocycles. The van der Waals surface area contributed by atoms with Crippen LogP contribution in [0.2, 0.25) is 0 Å². The van der Waals surface area contributed by atoms with Gasteiger partial charge in [0.05, 0.1) is 10.4 Å². The SMILES string of the molecule is CCc1cc(NCc2cccnc2Oc2cccc(S(C)(=O)=O)c2)c2ccccc2n1. The largest absolute Gasteiger partial charge is 0.439 e. The molecule has 0 radical (unpaired) electrons. The first-order chi connectivity index (χ1) is 14.9. The molecule has 0 aliphatic rings. The highest BCUT2D eigenvalue weighted by molar-refractivity contribution is 7.90. The second kappa shape index (κ2) is 8.73.